The molecule has 0 saturated heterocycles. The lowest BCUT2D eigenvalue weighted by molar-refractivity contribution is -0.0265. The number of carbonyl (C=O) groups is 1. The highest BCUT2D eigenvalue weighted by atomic mass is 16.5. The molecule has 3 aliphatic carbocycles. The number of anilines is 2. The van der Waals surface area contributed by atoms with Crippen molar-refractivity contribution in [2.24, 2.45) is 17.3 Å². The van der Waals surface area contributed by atoms with Gasteiger partial charge in [0.25, 0.3) is 0 Å². The third-order valence-electron chi connectivity index (χ3n) is 8.53. The van der Waals surface area contributed by atoms with Gasteiger partial charge in [-0.2, -0.15) is 0 Å². The average Bonchev–Trinajstić information content (AvgIpc) is 2.85. The summed E-state index contributed by atoms with van der Waals surface area (Å²) in [4.78, 5) is 14.8. The van der Waals surface area contributed by atoms with Crippen LogP contribution in [0.25, 0.3) is 0 Å². The molecule has 36 heavy (non-hydrogen) atoms. The number of hydrogen-bond acceptors (Lipinski definition) is 4. The molecule has 3 N–H and O–H groups in total. The lowest BCUT2D eigenvalue weighted by atomic mass is 9.49. The standard InChI is InChI=1S/C30H39N3O3/c1-20-7-11-24(12-8-20)31-29(35)32-28-6-4-5-21-16-33(14-13-26(21)28)17-25(34)19-36-18-22-9-10-23-15-27(22)30(23,2)3/h4-9,11-12,23,25,27,34H,10,13-19H2,1-3H3,(H2,31,32,35). The number of allylic oxidation sites excluding steroid dienone is 1. The molecule has 3 atom stereocenters. The first-order chi connectivity index (χ1) is 17.3. The number of β-amino-alcohol motifs (C(OH)–C–C–N with tert-alkyl or cyclic N) is 1. The highest BCUT2D eigenvalue weighted by Crippen LogP contribution is 2.59. The van der Waals surface area contributed by atoms with Crippen LogP contribution in [0.5, 0.6) is 0 Å². The fourth-order valence-corrected chi connectivity index (χ4v) is 6.17. The molecule has 2 amide bonds. The Labute approximate surface area is 214 Å². The summed E-state index contributed by atoms with van der Waals surface area (Å²) in [5.74, 6) is 1.48. The maximum absolute atomic E-state index is 12.6. The van der Waals surface area contributed by atoms with Crippen molar-refractivity contribution in [2.75, 3.05) is 36.9 Å². The van der Waals surface area contributed by atoms with E-state index in [9.17, 15) is 9.90 Å². The molecule has 6 heteroatoms. The molecule has 2 aromatic rings. The van der Waals surface area contributed by atoms with Crippen molar-refractivity contribution in [3.8, 4) is 0 Å². The van der Waals surface area contributed by atoms with Crippen molar-refractivity contribution < 1.29 is 14.6 Å². The van der Waals surface area contributed by atoms with Crippen molar-refractivity contribution >= 4 is 17.4 Å². The van der Waals surface area contributed by atoms with E-state index in [4.69, 9.17) is 4.74 Å². The Balaban J connectivity index is 1.09. The number of aliphatic hydroxyl groups excluding tert-OH is 1. The normalized spacial score (nSPS) is 23.2. The molecule has 4 aliphatic rings. The average molecular weight is 490 g/mol. The number of ether oxygens (including phenoxy) is 1. The number of amides is 2. The van der Waals surface area contributed by atoms with Gasteiger partial charge in [0.15, 0.2) is 0 Å². The molecule has 192 valence electrons. The first-order valence-corrected chi connectivity index (χ1v) is 13.2. The molecule has 1 saturated carbocycles. The monoisotopic (exact) mass is 489 g/mol. The van der Waals surface area contributed by atoms with Crippen molar-refractivity contribution in [3.63, 3.8) is 0 Å². The van der Waals surface area contributed by atoms with E-state index in [1.165, 1.54) is 29.5 Å². The Hall–Kier alpha value is -2.67. The molecular weight excluding hydrogens is 450 g/mol. The van der Waals surface area contributed by atoms with E-state index in [0.29, 0.717) is 31.1 Å². The second-order valence-corrected chi connectivity index (χ2v) is 11.4. The summed E-state index contributed by atoms with van der Waals surface area (Å²) in [5, 5.41) is 16.6. The van der Waals surface area contributed by atoms with Crippen molar-refractivity contribution in [3.05, 3.63) is 70.8 Å². The molecule has 3 unspecified atom stereocenters. The number of hydrogen-bond donors (Lipinski definition) is 3. The maximum atomic E-state index is 12.6. The maximum Gasteiger partial charge on any atom is 0.323 e. The zero-order valence-electron chi connectivity index (χ0n) is 21.7. The summed E-state index contributed by atoms with van der Waals surface area (Å²) in [5.41, 5.74) is 6.96. The van der Waals surface area contributed by atoms with E-state index in [-0.39, 0.29) is 6.03 Å². The molecule has 0 radical (unpaired) electrons. The third-order valence-corrected chi connectivity index (χ3v) is 8.53. The zero-order valence-corrected chi connectivity index (χ0v) is 21.7. The molecular formula is C30H39N3O3. The number of aryl methyl sites for hydroxylation is 1. The van der Waals surface area contributed by atoms with Crippen LogP contribution in [-0.4, -0.2) is 48.4 Å². The SMILES string of the molecule is Cc1ccc(NC(=O)Nc2cccc3c2CCN(CC(O)COCC2=CCC4CC2C4(C)C)C3)cc1. The van der Waals surface area contributed by atoms with E-state index < -0.39 is 6.10 Å². The molecule has 1 heterocycles. The number of carbonyl (C=O) groups excluding carboxylic acids is 1. The van der Waals surface area contributed by atoms with Crippen LogP contribution in [0.1, 0.15) is 43.4 Å². The number of rotatable bonds is 8. The van der Waals surface area contributed by atoms with Crippen LogP contribution in [0.15, 0.2) is 54.1 Å². The summed E-state index contributed by atoms with van der Waals surface area (Å²) < 4.78 is 5.95. The Morgan fingerprint density at radius 3 is 2.75 bits per heavy atom. The van der Waals surface area contributed by atoms with Crippen LogP contribution in [-0.2, 0) is 17.7 Å². The number of aliphatic hydroxyl groups is 1. The fraction of sp³-hybridized carbons (Fsp3) is 0.500. The van der Waals surface area contributed by atoms with Crippen molar-refractivity contribution in [1.29, 1.82) is 0 Å². The smallest absolute Gasteiger partial charge is 0.323 e. The van der Waals surface area contributed by atoms with E-state index in [1.807, 2.05) is 43.3 Å². The Bertz CT molecular complexity index is 1120. The Kier molecular flexibility index (Phi) is 7.20. The number of benzene rings is 2. The highest BCUT2D eigenvalue weighted by Gasteiger charge is 2.50. The second-order valence-electron chi connectivity index (χ2n) is 11.4. The minimum atomic E-state index is -0.514. The number of nitrogens with zero attached hydrogens (tertiary/aromatic N) is 1. The molecule has 2 aromatic carbocycles. The first kappa shape index (κ1) is 25.0. The second kappa shape index (κ2) is 10.4. The van der Waals surface area contributed by atoms with Gasteiger partial charge in [-0.05, 0) is 78.3 Å². The van der Waals surface area contributed by atoms with Crippen LogP contribution in [0, 0.1) is 24.2 Å². The van der Waals surface area contributed by atoms with Crippen LogP contribution in [0.3, 0.4) is 0 Å². The van der Waals surface area contributed by atoms with Gasteiger partial charge in [-0.25, -0.2) is 4.79 Å². The van der Waals surface area contributed by atoms with Crippen molar-refractivity contribution in [2.45, 2.75) is 52.7 Å². The third kappa shape index (κ3) is 5.36. The predicted molar refractivity (Wildman–Crippen MR) is 144 cm³/mol. The summed E-state index contributed by atoms with van der Waals surface area (Å²) in [7, 11) is 0. The summed E-state index contributed by atoms with van der Waals surface area (Å²) in [6, 6.07) is 13.6. The summed E-state index contributed by atoms with van der Waals surface area (Å²) >= 11 is 0. The fourth-order valence-electron chi connectivity index (χ4n) is 6.17. The van der Waals surface area contributed by atoms with Crippen LogP contribution in [0.2, 0.25) is 0 Å². The summed E-state index contributed by atoms with van der Waals surface area (Å²) in [6.07, 6.45) is 5.14. The largest absolute Gasteiger partial charge is 0.389 e. The van der Waals surface area contributed by atoms with Crippen LogP contribution in [0.4, 0.5) is 16.2 Å². The molecule has 6 rings (SSSR count). The van der Waals surface area contributed by atoms with Crippen molar-refractivity contribution in [1.82, 2.24) is 4.90 Å². The Morgan fingerprint density at radius 1 is 1.19 bits per heavy atom. The van der Waals surface area contributed by atoms with Gasteiger partial charge in [0.2, 0.25) is 0 Å². The van der Waals surface area contributed by atoms with Crippen LogP contribution >= 0.6 is 0 Å². The predicted octanol–water partition coefficient (Wildman–Crippen LogP) is 5.37. The van der Waals surface area contributed by atoms with Gasteiger partial charge in [0, 0.05) is 31.0 Å². The Morgan fingerprint density at radius 2 is 2.00 bits per heavy atom. The number of nitrogens with one attached hydrogen (secondary N) is 2. The summed E-state index contributed by atoms with van der Waals surface area (Å²) in [6.45, 7) is 9.95. The molecule has 6 nitrogen and oxygen atoms in total. The van der Waals surface area contributed by atoms with Gasteiger partial charge >= 0.3 is 6.03 Å². The van der Waals surface area contributed by atoms with E-state index >= 15 is 0 Å². The van der Waals surface area contributed by atoms with Gasteiger partial charge in [-0.1, -0.05) is 49.8 Å². The topological polar surface area (TPSA) is 73.8 Å². The van der Waals surface area contributed by atoms with Crippen LogP contribution < -0.4 is 10.6 Å². The van der Waals surface area contributed by atoms with Gasteiger partial charge in [0.05, 0.1) is 19.3 Å². The van der Waals surface area contributed by atoms with E-state index in [1.54, 1.807) is 0 Å². The zero-order chi connectivity index (χ0) is 25.3. The lowest BCUT2D eigenvalue weighted by Gasteiger charge is -2.56. The minimum absolute atomic E-state index is 0.240. The lowest BCUT2D eigenvalue weighted by Crippen LogP contribution is -2.48. The molecule has 1 fully saturated rings. The first-order valence-electron chi connectivity index (χ1n) is 13.2. The van der Waals surface area contributed by atoms with E-state index in [0.717, 1.165) is 42.4 Å². The highest BCUT2D eigenvalue weighted by molar-refractivity contribution is 6.00. The van der Waals surface area contributed by atoms with Gasteiger partial charge in [-0.3, -0.25) is 4.90 Å². The number of urea groups is 1. The minimum Gasteiger partial charge on any atom is -0.389 e. The van der Waals surface area contributed by atoms with Gasteiger partial charge in [0.1, 0.15) is 0 Å². The molecule has 0 aromatic heterocycles. The van der Waals surface area contributed by atoms with E-state index in [2.05, 4.69) is 41.5 Å². The molecule has 2 bridgehead atoms. The van der Waals surface area contributed by atoms with Gasteiger partial charge < -0.3 is 20.5 Å². The number of fused-ring (bicyclic) bond motifs is 2. The molecule has 1 aliphatic heterocycles. The molecule has 0 spiro atoms. The quantitative estimate of drug-likeness (QED) is 0.436. The van der Waals surface area contributed by atoms with Gasteiger partial charge in [-0.15, -0.1) is 0 Å².